The Morgan fingerprint density at radius 2 is 2.18 bits per heavy atom. The van der Waals surface area contributed by atoms with E-state index in [1.165, 1.54) is 11.1 Å². The van der Waals surface area contributed by atoms with Crippen molar-refractivity contribution in [3.8, 4) is 0 Å². The second-order valence-electron chi connectivity index (χ2n) is 4.92. The molecule has 0 aromatic heterocycles. The molecule has 1 aromatic rings. The quantitative estimate of drug-likeness (QED) is 0.863. The molecule has 0 amide bonds. The van der Waals surface area contributed by atoms with Gasteiger partial charge in [0.15, 0.2) is 0 Å². The maximum absolute atomic E-state index is 5.63. The summed E-state index contributed by atoms with van der Waals surface area (Å²) in [5, 5.41) is 3.59. The molecule has 0 saturated carbocycles. The second-order valence-corrected chi connectivity index (χ2v) is 4.92. The Morgan fingerprint density at radius 1 is 1.35 bits per heavy atom. The molecule has 1 heterocycles. The lowest BCUT2D eigenvalue weighted by Crippen LogP contribution is -2.43. The van der Waals surface area contributed by atoms with Crippen molar-refractivity contribution in [2.45, 2.75) is 32.7 Å². The predicted molar refractivity (Wildman–Crippen MR) is 71.3 cm³/mol. The molecule has 0 aliphatic carbocycles. The Morgan fingerprint density at radius 3 is 2.94 bits per heavy atom. The number of aryl methyl sites for hydroxylation is 1. The van der Waals surface area contributed by atoms with Crippen molar-refractivity contribution in [2.75, 3.05) is 19.8 Å². The van der Waals surface area contributed by atoms with Crippen molar-refractivity contribution in [1.82, 2.24) is 5.32 Å². The number of ether oxygens (including phenoxy) is 1. The zero-order chi connectivity index (χ0) is 12.1. The average molecular weight is 233 g/mol. The summed E-state index contributed by atoms with van der Waals surface area (Å²) in [5.74, 6) is 0.616. The first-order valence-corrected chi connectivity index (χ1v) is 6.67. The van der Waals surface area contributed by atoms with E-state index in [0.717, 1.165) is 32.6 Å². The lowest BCUT2D eigenvalue weighted by atomic mass is 9.88. The fourth-order valence-electron chi connectivity index (χ4n) is 2.65. The van der Waals surface area contributed by atoms with Crippen LogP contribution in [-0.4, -0.2) is 25.8 Å². The molecular formula is C15H23NO. The van der Waals surface area contributed by atoms with Crippen LogP contribution in [0, 0.1) is 12.8 Å². The summed E-state index contributed by atoms with van der Waals surface area (Å²) in [6.07, 6.45) is 2.27. The van der Waals surface area contributed by atoms with Gasteiger partial charge in [-0.2, -0.15) is 0 Å². The van der Waals surface area contributed by atoms with Crippen LogP contribution >= 0.6 is 0 Å². The summed E-state index contributed by atoms with van der Waals surface area (Å²) in [4.78, 5) is 0. The van der Waals surface area contributed by atoms with Gasteiger partial charge in [-0.25, -0.2) is 0 Å². The summed E-state index contributed by atoms with van der Waals surface area (Å²) < 4.78 is 5.63. The minimum absolute atomic E-state index is 0.616. The van der Waals surface area contributed by atoms with E-state index < -0.39 is 0 Å². The van der Waals surface area contributed by atoms with Gasteiger partial charge in [0, 0.05) is 18.6 Å². The van der Waals surface area contributed by atoms with E-state index in [1.54, 1.807) is 0 Å². The highest BCUT2D eigenvalue weighted by Crippen LogP contribution is 2.21. The van der Waals surface area contributed by atoms with Crippen LogP contribution in [0.4, 0.5) is 0 Å². The topological polar surface area (TPSA) is 21.3 Å². The third kappa shape index (κ3) is 3.30. The third-order valence-electron chi connectivity index (χ3n) is 3.68. The molecule has 1 N–H and O–H groups in total. The van der Waals surface area contributed by atoms with Gasteiger partial charge < -0.3 is 10.1 Å². The lowest BCUT2D eigenvalue weighted by molar-refractivity contribution is 0.0326. The van der Waals surface area contributed by atoms with Crippen molar-refractivity contribution >= 4 is 0 Å². The Balaban J connectivity index is 2.03. The van der Waals surface area contributed by atoms with Crippen molar-refractivity contribution in [3.63, 3.8) is 0 Å². The van der Waals surface area contributed by atoms with Gasteiger partial charge in [0.25, 0.3) is 0 Å². The monoisotopic (exact) mass is 233 g/mol. The minimum Gasteiger partial charge on any atom is -0.381 e. The smallest absolute Gasteiger partial charge is 0.0512 e. The molecule has 94 valence electrons. The summed E-state index contributed by atoms with van der Waals surface area (Å²) in [5.41, 5.74) is 2.86. The standard InChI is InChI=1S/C15H23NO/c1-3-16-15-8-9-17-11-14(15)10-13-7-5-4-6-12(13)2/h4-7,14-16H,3,8-11H2,1-2H3/t14-,15+/m0/s1. The first-order valence-electron chi connectivity index (χ1n) is 6.67. The number of hydrogen-bond acceptors (Lipinski definition) is 2. The fraction of sp³-hybridized carbons (Fsp3) is 0.600. The fourth-order valence-corrected chi connectivity index (χ4v) is 2.65. The van der Waals surface area contributed by atoms with E-state index >= 15 is 0 Å². The molecule has 0 spiro atoms. The van der Waals surface area contributed by atoms with Gasteiger partial charge in [0.2, 0.25) is 0 Å². The molecule has 2 nitrogen and oxygen atoms in total. The summed E-state index contributed by atoms with van der Waals surface area (Å²) in [6.45, 7) is 7.23. The highest BCUT2D eigenvalue weighted by molar-refractivity contribution is 5.26. The van der Waals surface area contributed by atoms with Crippen LogP contribution < -0.4 is 5.32 Å². The van der Waals surface area contributed by atoms with Gasteiger partial charge in [-0.3, -0.25) is 0 Å². The van der Waals surface area contributed by atoms with Crippen LogP contribution in [0.1, 0.15) is 24.5 Å². The molecule has 2 atom stereocenters. The largest absolute Gasteiger partial charge is 0.381 e. The number of rotatable bonds is 4. The van der Waals surface area contributed by atoms with E-state index in [2.05, 4.69) is 43.4 Å². The Kier molecular flexibility index (Phi) is 4.57. The summed E-state index contributed by atoms with van der Waals surface area (Å²) >= 11 is 0. The molecule has 2 heteroatoms. The van der Waals surface area contributed by atoms with Gasteiger partial charge in [-0.1, -0.05) is 31.2 Å². The van der Waals surface area contributed by atoms with E-state index in [1.807, 2.05) is 0 Å². The molecule has 1 aliphatic heterocycles. The van der Waals surface area contributed by atoms with Crippen LogP contribution in [0.5, 0.6) is 0 Å². The molecule has 1 aliphatic rings. The number of hydrogen-bond donors (Lipinski definition) is 1. The van der Waals surface area contributed by atoms with Crippen molar-refractivity contribution in [3.05, 3.63) is 35.4 Å². The Hall–Kier alpha value is -0.860. The Bertz CT molecular complexity index is 349. The van der Waals surface area contributed by atoms with Crippen LogP contribution in [-0.2, 0) is 11.2 Å². The lowest BCUT2D eigenvalue weighted by Gasteiger charge is -2.32. The predicted octanol–water partition coefficient (Wildman–Crippen LogP) is 2.55. The van der Waals surface area contributed by atoms with Crippen LogP contribution in [0.3, 0.4) is 0 Å². The van der Waals surface area contributed by atoms with Crippen molar-refractivity contribution < 1.29 is 4.74 Å². The van der Waals surface area contributed by atoms with Gasteiger partial charge in [-0.05, 0) is 37.4 Å². The molecule has 0 radical (unpaired) electrons. The maximum Gasteiger partial charge on any atom is 0.0512 e. The third-order valence-corrected chi connectivity index (χ3v) is 3.68. The van der Waals surface area contributed by atoms with Gasteiger partial charge >= 0.3 is 0 Å². The van der Waals surface area contributed by atoms with Gasteiger partial charge in [0.05, 0.1) is 6.61 Å². The van der Waals surface area contributed by atoms with Crippen molar-refractivity contribution in [1.29, 1.82) is 0 Å². The van der Waals surface area contributed by atoms with Crippen LogP contribution in [0.15, 0.2) is 24.3 Å². The van der Waals surface area contributed by atoms with E-state index in [4.69, 9.17) is 4.74 Å². The van der Waals surface area contributed by atoms with E-state index in [0.29, 0.717) is 12.0 Å². The molecule has 17 heavy (non-hydrogen) atoms. The molecule has 0 unspecified atom stereocenters. The van der Waals surface area contributed by atoms with Crippen LogP contribution in [0.25, 0.3) is 0 Å². The van der Waals surface area contributed by atoms with Gasteiger partial charge in [-0.15, -0.1) is 0 Å². The number of benzene rings is 1. The molecular weight excluding hydrogens is 210 g/mol. The molecule has 1 saturated heterocycles. The molecule has 1 aromatic carbocycles. The van der Waals surface area contributed by atoms with Crippen LogP contribution in [0.2, 0.25) is 0 Å². The second kappa shape index (κ2) is 6.18. The first-order chi connectivity index (χ1) is 8.31. The molecule has 2 rings (SSSR count). The summed E-state index contributed by atoms with van der Waals surface area (Å²) in [7, 11) is 0. The van der Waals surface area contributed by atoms with Crippen molar-refractivity contribution in [2.24, 2.45) is 5.92 Å². The SMILES string of the molecule is CCN[C@@H]1CCOC[C@@H]1Cc1ccccc1C. The normalized spacial score (nSPS) is 24.8. The maximum atomic E-state index is 5.63. The Labute approximate surface area is 104 Å². The summed E-state index contributed by atoms with van der Waals surface area (Å²) in [6, 6.07) is 9.30. The molecule has 1 fully saturated rings. The highest BCUT2D eigenvalue weighted by atomic mass is 16.5. The zero-order valence-electron chi connectivity index (χ0n) is 10.9. The van der Waals surface area contributed by atoms with Gasteiger partial charge in [0.1, 0.15) is 0 Å². The zero-order valence-corrected chi connectivity index (χ0v) is 10.9. The highest BCUT2D eigenvalue weighted by Gasteiger charge is 2.25. The number of nitrogens with one attached hydrogen (secondary N) is 1. The first kappa shape index (κ1) is 12.6. The average Bonchev–Trinajstić information content (AvgIpc) is 2.35. The molecule has 0 bridgehead atoms. The van der Waals surface area contributed by atoms with E-state index in [-0.39, 0.29) is 0 Å². The van der Waals surface area contributed by atoms with E-state index in [9.17, 15) is 0 Å². The minimum atomic E-state index is 0.616.